The van der Waals surface area contributed by atoms with Gasteiger partial charge in [-0.3, -0.25) is 4.98 Å². The fourth-order valence-corrected chi connectivity index (χ4v) is 4.32. The van der Waals surface area contributed by atoms with Crippen molar-refractivity contribution in [2.45, 2.75) is 31.8 Å². The summed E-state index contributed by atoms with van der Waals surface area (Å²) in [4.78, 5) is 24.4. The molecular formula is C21H20N6O2. The second-order valence-corrected chi connectivity index (χ2v) is 7.32. The number of carbonyl (C=O) groups is 1. The molecule has 0 spiro atoms. The number of para-hydroxylation sites is 1. The SMILES string of the molecule is Nc1ncnc2c1c(-c1cnc3ccccc3c1)c1n2CCC(NC(=O)O)CC1. The monoisotopic (exact) mass is 388 g/mol. The average molecular weight is 388 g/mol. The van der Waals surface area contributed by atoms with E-state index in [1.807, 2.05) is 30.5 Å². The predicted octanol–water partition coefficient (Wildman–Crippen LogP) is 3.20. The second-order valence-electron chi connectivity index (χ2n) is 7.32. The summed E-state index contributed by atoms with van der Waals surface area (Å²) in [6, 6.07) is 10.0. The molecule has 146 valence electrons. The zero-order valence-electron chi connectivity index (χ0n) is 15.7. The lowest BCUT2D eigenvalue weighted by atomic mass is 9.99. The van der Waals surface area contributed by atoms with Crippen molar-refractivity contribution in [3.63, 3.8) is 0 Å². The van der Waals surface area contributed by atoms with Crippen LogP contribution in [0.1, 0.15) is 18.5 Å². The molecule has 1 aliphatic heterocycles. The van der Waals surface area contributed by atoms with Crippen LogP contribution >= 0.6 is 0 Å². The third-order valence-corrected chi connectivity index (χ3v) is 5.61. The minimum absolute atomic E-state index is 0.0933. The first-order valence-corrected chi connectivity index (χ1v) is 9.58. The summed E-state index contributed by atoms with van der Waals surface area (Å²) in [7, 11) is 0. The molecule has 1 amide bonds. The standard InChI is InChI=1S/C21H20N6O2/c22-19-18-17(13-9-12-3-1-2-4-15(12)23-10-13)16-6-5-14(26-21(28)29)7-8-27(16)20(18)25-11-24-19/h1-4,9-11,14,26H,5-8H2,(H,28,29)(H2,22,24,25). The first-order valence-electron chi connectivity index (χ1n) is 9.58. The summed E-state index contributed by atoms with van der Waals surface area (Å²) in [6.07, 6.45) is 4.47. The number of benzene rings is 1. The van der Waals surface area contributed by atoms with Crippen molar-refractivity contribution < 1.29 is 9.90 Å². The van der Waals surface area contributed by atoms with Gasteiger partial charge in [-0.1, -0.05) is 18.2 Å². The van der Waals surface area contributed by atoms with Gasteiger partial charge < -0.3 is 20.7 Å². The first kappa shape index (κ1) is 17.4. The van der Waals surface area contributed by atoms with Gasteiger partial charge in [0.15, 0.2) is 0 Å². The maximum Gasteiger partial charge on any atom is 0.404 e. The normalized spacial score (nSPS) is 16.5. The molecule has 1 aliphatic rings. The summed E-state index contributed by atoms with van der Waals surface area (Å²) in [5, 5.41) is 13.6. The van der Waals surface area contributed by atoms with Crippen molar-refractivity contribution in [3.8, 4) is 11.1 Å². The van der Waals surface area contributed by atoms with Crippen molar-refractivity contribution in [1.82, 2.24) is 24.8 Å². The number of hydrogen-bond donors (Lipinski definition) is 3. The van der Waals surface area contributed by atoms with Crippen LogP contribution in [-0.4, -0.2) is 36.8 Å². The van der Waals surface area contributed by atoms with E-state index < -0.39 is 6.09 Å². The number of amides is 1. The zero-order valence-corrected chi connectivity index (χ0v) is 15.7. The topological polar surface area (TPSA) is 119 Å². The number of pyridine rings is 1. The quantitative estimate of drug-likeness (QED) is 0.485. The first-order chi connectivity index (χ1) is 14.1. The molecule has 0 saturated heterocycles. The Kier molecular flexibility index (Phi) is 4.04. The summed E-state index contributed by atoms with van der Waals surface area (Å²) >= 11 is 0. The van der Waals surface area contributed by atoms with E-state index in [-0.39, 0.29) is 6.04 Å². The molecule has 1 aromatic carbocycles. The largest absolute Gasteiger partial charge is 0.465 e. The zero-order chi connectivity index (χ0) is 20.0. The van der Waals surface area contributed by atoms with Crippen LogP contribution in [0.3, 0.4) is 0 Å². The summed E-state index contributed by atoms with van der Waals surface area (Å²) < 4.78 is 2.15. The second kappa shape index (κ2) is 6.73. The Labute approximate surface area is 166 Å². The molecule has 1 atom stereocenters. The Morgan fingerprint density at radius 1 is 1.21 bits per heavy atom. The van der Waals surface area contributed by atoms with Crippen LogP contribution in [0.25, 0.3) is 33.1 Å². The number of nitrogens with one attached hydrogen (secondary N) is 1. The minimum Gasteiger partial charge on any atom is -0.465 e. The Balaban J connectivity index is 1.71. The van der Waals surface area contributed by atoms with Crippen molar-refractivity contribution in [1.29, 1.82) is 0 Å². The lowest BCUT2D eigenvalue weighted by Gasteiger charge is -2.13. The highest BCUT2D eigenvalue weighted by Crippen LogP contribution is 2.39. The number of anilines is 1. The number of nitrogens with two attached hydrogens (primary N) is 1. The molecule has 0 bridgehead atoms. The van der Waals surface area contributed by atoms with E-state index in [0.29, 0.717) is 31.6 Å². The van der Waals surface area contributed by atoms with E-state index >= 15 is 0 Å². The molecule has 29 heavy (non-hydrogen) atoms. The summed E-state index contributed by atoms with van der Waals surface area (Å²) in [5.74, 6) is 0.443. The van der Waals surface area contributed by atoms with Crippen molar-refractivity contribution in [3.05, 3.63) is 48.5 Å². The molecule has 4 heterocycles. The van der Waals surface area contributed by atoms with Gasteiger partial charge in [-0.2, -0.15) is 0 Å². The predicted molar refractivity (Wildman–Crippen MR) is 111 cm³/mol. The molecular weight excluding hydrogens is 368 g/mol. The number of rotatable bonds is 2. The van der Waals surface area contributed by atoms with Gasteiger partial charge in [-0.15, -0.1) is 0 Å². The Hall–Kier alpha value is -3.68. The third-order valence-electron chi connectivity index (χ3n) is 5.61. The highest BCUT2D eigenvalue weighted by Gasteiger charge is 2.26. The van der Waals surface area contributed by atoms with E-state index in [1.165, 1.54) is 6.33 Å². The molecule has 0 fully saturated rings. The van der Waals surface area contributed by atoms with E-state index in [2.05, 4.69) is 30.9 Å². The Morgan fingerprint density at radius 2 is 2.07 bits per heavy atom. The maximum absolute atomic E-state index is 11.1. The number of hydrogen-bond acceptors (Lipinski definition) is 5. The number of aryl methyl sites for hydroxylation is 1. The molecule has 8 nitrogen and oxygen atoms in total. The number of carboxylic acid groups (broad SMARTS) is 1. The molecule has 0 saturated carbocycles. The number of nitrogens with zero attached hydrogens (tertiary/aromatic N) is 4. The summed E-state index contributed by atoms with van der Waals surface area (Å²) in [6.45, 7) is 0.661. The van der Waals surface area contributed by atoms with Crippen LogP contribution in [0.15, 0.2) is 42.9 Å². The Morgan fingerprint density at radius 3 is 2.93 bits per heavy atom. The van der Waals surface area contributed by atoms with Crippen molar-refractivity contribution in [2.24, 2.45) is 0 Å². The molecule has 0 aliphatic carbocycles. The average Bonchev–Trinajstić information content (AvgIpc) is 2.90. The van der Waals surface area contributed by atoms with Crippen LogP contribution in [-0.2, 0) is 13.0 Å². The van der Waals surface area contributed by atoms with Gasteiger partial charge in [0, 0.05) is 41.0 Å². The fourth-order valence-electron chi connectivity index (χ4n) is 4.32. The number of aromatic nitrogens is 4. The smallest absolute Gasteiger partial charge is 0.404 e. The van der Waals surface area contributed by atoms with Gasteiger partial charge in [0.2, 0.25) is 0 Å². The summed E-state index contributed by atoms with van der Waals surface area (Å²) in [5.41, 5.74) is 11.0. The van der Waals surface area contributed by atoms with Crippen molar-refractivity contribution >= 4 is 33.8 Å². The van der Waals surface area contributed by atoms with Gasteiger partial charge in [0.05, 0.1) is 10.9 Å². The van der Waals surface area contributed by atoms with Crippen molar-refractivity contribution in [2.75, 3.05) is 5.73 Å². The van der Waals surface area contributed by atoms with Crippen LogP contribution < -0.4 is 11.1 Å². The molecule has 4 N–H and O–H groups in total. The van der Waals surface area contributed by atoms with Crippen LogP contribution in [0, 0.1) is 0 Å². The van der Waals surface area contributed by atoms with E-state index in [4.69, 9.17) is 10.8 Å². The fraction of sp³-hybridized carbons (Fsp3) is 0.238. The van der Waals surface area contributed by atoms with E-state index in [0.717, 1.165) is 38.8 Å². The van der Waals surface area contributed by atoms with Crippen LogP contribution in [0.4, 0.5) is 10.6 Å². The van der Waals surface area contributed by atoms with Crippen LogP contribution in [0.5, 0.6) is 0 Å². The number of nitrogen functional groups attached to an aromatic ring is 1. The lowest BCUT2D eigenvalue weighted by molar-refractivity contribution is 0.188. The third kappa shape index (κ3) is 2.93. The molecule has 1 unspecified atom stereocenters. The molecule has 3 aromatic heterocycles. The highest BCUT2D eigenvalue weighted by atomic mass is 16.4. The van der Waals surface area contributed by atoms with Gasteiger partial charge in [-0.05, 0) is 31.4 Å². The number of fused-ring (bicyclic) bond motifs is 4. The molecule has 0 radical (unpaired) electrons. The molecule has 8 heteroatoms. The maximum atomic E-state index is 11.1. The van der Waals surface area contributed by atoms with Gasteiger partial charge in [-0.25, -0.2) is 14.8 Å². The lowest BCUT2D eigenvalue weighted by Crippen LogP contribution is -2.33. The minimum atomic E-state index is -0.989. The van der Waals surface area contributed by atoms with Gasteiger partial charge >= 0.3 is 6.09 Å². The molecule has 5 rings (SSSR count). The van der Waals surface area contributed by atoms with E-state index in [1.54, 1.807) is 0 Å². The Bertz CT molecular complexity index is 1250. The molecule has 4 aromatic rings. The highest BCUT2D eigenvalue weighted by molar-refractivity contribution is 6.03. The van der Waals surface area contributed by atoms with Crippen LogP contribution in [0.2, 0.25) is 0 Å². The van der Waals surface area contributed by atoms with E-state index in [9.17, 15) is 4.79 Å². The van der Waals surface area contributed by atoms with Gasteiger partial charge in [0.1, 0.15) is 17.8 Å². The van der Waals surface area contributed by atoms with Gasteiger partial charge in [0.25, 0.3) is 0 Å².